The van der Waals surface area contributed by atoms with Gasteiger partial charge in [-0.05, 0) is 25.1 Å². The van der Waals surface area contributed by atoms with Gasteiger partial charge in [0.2, 0.25) is 5.88 Å². The van der Waals surface area contributed by atoms with Crippen LogP contribution in [0.2, 0.25) is 0 Å². The SMILES string of the molecule is Cc1cc(Oc2cc(Br)ccc2C(=O)O)n2ncnc2n1. The van der Waals surface area contributed by atoms with E-state index in [1.807, 2.05) is 0 Å². The van der Waals surface area contributed by atoms with Crippen LogP contribution in [-0.4, -0.2) is 30.7 Å². The first-order chi connectivity index (χ1) is 10.0. The predicted molar refractivity (Wildman–Crippen MR) is 76.7 cm³/mol. The number of aromatic nitrogens is 4. The van der Waals surface area contributed by atoms with Crippen molar-refractivity contribution in [1.29, 1.82) is 0 Å². The van der Waals surface area contributed by atoms with Crippen molar-refractivity contribution in [3.05, 3.63) is 46.3 Å². The van der Waals surface area contributed by atoms with Gasteiger partial charge in [-0.3, -0.25) is 0 Å². The third kappa shape index (κ3) is 2.57. The van der Waals surface area contributed by atoms with Crippen LogP contribution < -0.4 is 4.74 Å². The van der Waals surface area contributed by atoms with E-state index < -0.39 is 5.97 Å². The molecule has 3 rings (SSSR count). The number of fused-ring (bicyclic) bond motifs is 1. The van der Waals surface area contributed by atoms with Crippen LogP contribution in [-0.2, 0) is 0 Å². The number of aromatic carboxylic acids is 1. The zero-order chi connectivity index (χ0) is 15.0. The van der Waals surface area contributed by atoms with E-state index in [1.165, 1.54) is 16.9 Å². The fraction of sp³-hybridized carbons (Fsp3) is 0.0769. The van der Waals surface area contributed by atoms with Crippen LogP contribution in [0.1, 0.15) is 16.1 Å². The summed E-state index contributed by atoms with van der Waals surface area (Å²) in [5.74, 6) is -0.134. The highest BCUT2D eigenvalue weighted by Gasteiger charge is 2.15. The Morgan fingerprint density at radius 3 is 2.95 bits per heavy atom. The Balaban J connectivity index is 2.12. The second-order valence-electron chi connectivity index (χ2n) is 4.26. The molecule has 0 saturated carbocycles. The van der Waals surface area contributed by atoms with E-state index in [4.69, 9.17) is 4.74 Å². The minimum absolute atomic E-state index is 0.0564. The van der Waals surface area contributed by atoms with Crippen LogP contribution in [0.15, 0.2) is 35.1 Å². The van der Waals surface area contributed by atoms with Gasteiger partial charge < -0.3 is 9.84 Å². The largest absolute Gasteiger partial charge is 0.478 e. The summed E-state index contributed by atoms with van der Waals surface area (Å²) in [6, 6.07) is 6.35. The van der Waals surface area contributed by atoms with Crippen LogP contribution >= 0.6 is 15.9 Å². The van der Waals surface area contributed by atoms with E-state index in [0.717, 1.165) is 0 Å². The molecule has 3 aromatic rings. The number of benzene rings is 1. The quantitative estimate of drug-likeness (QED) is 0.782. The molecule has 1 N–H and O–H groups in total. The first-order valence-electron chi connectivity index (χ1n) is 5.92. The van der Waals surface area contributed by atoms with E-state index in [2.05, 4.69) is 31.0 Å². The molecule has 8 heteroatoms. The molecule has 0 atom stereocenters. The highest BCUT2D eigenvalue weighted by molar-refractivity contribution is 9.10. The van der Waals surface area contributed by atoms with Gasteiger partial charge in [0.05, 0.1) is 0 Å². The maximum atomic E-state index is 11.3. The average Bonchev–Trinajstić information content (AvgIpc) is 2.86. The van der Waals surface area contributed by atoms with Gasteiger partial charge in [0.1, 0.15) is 17.6 Å². The van der Waals surface area contributed by atoms with Gasteiger partial charge in [-0.15, -0.1) is 0 Å². The second-order valence-corrected chi connectivity index (χ2v) is 5.17. The molecule has 1 aromatic carbocycles. The van der Waals surface area contributed by atoms with Crippen LogP contribution in [0.3, 0.4) is 0 Å². The zero-order valence-corrected chi connectivity index (χ0v) is 12.4. The molecule has 21 heavy (non-hydrogen) atoms. The topological polar surface area (TPSA) is 89.6 Å². The Kier molecular flexibility index (Phi) is 3.30. The van der Waals surface area contributed by atoms with E-state index in [-0.39, 0.29) is 11.3 Å². The number of carboxylic acid groups (broad SMARTS) is 1. The van der Waals surface area contributed by atoms with Gasteiger partial charge in [0.15, 0.2) is 0 Å². The van der Waals surface area contributed by atoms with Crippen molar-refractivity contribution < 1.29 is 14.6 Å². The lowest BCUT2D eigenvalue weighted by molar-refractivity contribution is 0.0694. The molecule has 0 fully saturated rings. The molecule has 0 aliphatic heterocycles. The summed E-state index contributed by atoms with van der Waals surface area (Å²) in [6.45, 7) is 1.79. The maximum absolute atomic E-state index is 11.3. The Labute approximate surface area is 127 Å². The maximum Gasteiger partial charge on any atom is 0.339 e. The minimum Gasteiger partial charge on any atom is -0.478 e. The van der Waals surface area contributed by atoms with E-state index >= 15 is 0 Å². The van der Waals surface area contributed by atoms with Gasteiger partial charge >= 0.3 is 5.97 Å². The fourth-order valence-corrected chi connectivity index (χ4v) is 2.18. The number of hydrogen-bond acceptors (Lipinski definition) is 5. The van der Waals surface area contributed by atoms with Crippen molar-refractivity contribution >= 4 is 27.7 Å². The molecule has 0 aliphatic carbocycles. The summed E-state index contributed by atoms with van der Waals surface area (Å²) < 4.78 is 7.83. The van der Waals surface area contributed by atoms with Gasteiger partial charge in [0.25, 0.3) is 5.78 Å². The molecule has 106 valence electrons. The molecule has 0 bridgehead atoms. The summed E-state index contributed by atoms with van der Waals surface area (Å²) in [4.78, 5) is 19.5. The minimum atomic E-state index is -1.07. The van der Waals surface area contributed by atoms with Crippen molar-refractivity contribution in [2.75, 3.05) is 0 Å². The fourth-order valence-electron chi connectivity index (χ4n) is 1.84. The first-order valence-corrected chi connectivity index (χ1v) is 6.72. The average molecular weight is 349 g/mol. The third-order valence-electron chi connectivity index (χ3n) is 2.74. The van der Waals surface area contributed by atoms with Crippen molar-refractivity contribution in [2.45, 2.75) is 6.92 Å². The van der Waals surface area contributed by atoms with Gasteiger partial charge in [-0.25, -0.2) is 9.78 Å². The van der Waals surface area contributed by atoms with E-state index in [1.54, 1.807) is 25.1 Å². The summed E-state index contributed by atoms with van der Waals surface area (Å²) >= 11 is 3.30. The summed E-state index contributed by atoms with van der Waals surface area (Å²) in [5.41, 5.74) is 0.748. The lowest BCUT2D eigenvalue weighted by atomic mass is 10.2. The standard InChI is InChI=1S/C13H9BrN4O3/c1-7-4-11(18-13(17-7)15-6-16-18)21-10-5-8(14)2-3-9(10)12(19)20/h2-6H,1H3,(H,19,20). The molecular weight excluding hydrogens is 340 g/mol. The molecule has 2 heterocycles. The molecule has 0 spiro atoms. The summed E-state index contributed by atoms with van der Waals surface area (Å²) in [7, 11) is 0. The molecule has 2 aromatic heterocycles. The number of rotatable bonds is 3. The van der Waals surface area contributed by atoms with Gasteiger partial charge in [-0.1, -0.05) is 15.9 Å². The Bertz CT molecular complexity index is 847. The highest BCUT2D eigenvalue weighted by Crippen LogP contribution is 2.29. The number of nitrogens with zero attached hydrogens (tertiary/aromatic N) is 4. The number of carboxylic acids is 1. The van der Waals surface area contributed by atoms with Crippen molar-refractivity contribution in [3.8, 4) is 11.6 Å². The number of hydrogen-bond donors (Lipinski definition) is 1. The summed E-state index contributed by atoms with van der Waals surface area (Å²) in [6.07, 6.45) is 1.35. The molecule has 0 radical (unpaired) electrons. The van der Waals surface area contributed by atoms with E-state index in [0.29, 0.717) is 21.8 Å². The molecule has 7 nitrogen and oxygen atoms in total. The first kappa shape index (κ1) is 13.5. The van der Waals surface area contributed by atoms with Crippen molar-refractivity contribution in [2.24, 2.45) is 0 Å². The zero-order valence-electron chi connectivity index (χ0n) is 10.8. The Morgan fingerprint density at radius 1 is 1.38 bits per heavy atom. The van der Waals surface area contributed by atoms with Crippen molar-refractivity contribution in [3.63, 3.8) is 0 Å². The molecule has 0 saturated heterocycles. The van der Waals surface area contributed by atoms with Crippen LogP contribution in [0.25, 0.3) is 5.78 Å². The predicted octanol–water partition coefficient (Wildman–Crippen LogP) is 2.69. The molecular formula is C13H9BrN4O3. The summed E-state index contributed by atoms with van der Waals surface area (Å²) in [5, 5.41) is 13.2. The van der Waals surface area contributed by atoms with Crippen LogP contribution in [0.4, 0.5) is 0 Å². The third-order valence-corrected chi connectivity index (χ3v) is 3.23. The smallest absolute Gasteiger partial charge is 0.339 e. The Hall–Kier alpha value is -2.48. The number of halogens is 1. The number of carbonyl (C=O) groups is 1. The van der Waals surface area contributed by atoms with Crippen LogP contribution in [0.5, 0.6) is 11.6 Å². The molecule has 0 amide bonds. The lowest BCUT2D eigenvalue weighted by Gasteiger charge is -2.10. The van der Waals surface area contributed by atoms with Gasteiger partial charge in [-0.2, -0.15) is 14.6 Å². The van der Waals surface area contributed by atoms with Crippen molar-refractivity contribution in [1.82, 2.24) is 19.6 Å². The lowest BCUT2D eigenvalue weighted by Crippen LogP contribution is -2.03. The van der Waals surface area contributed by atoms with Crippen LogP contribution in [0, 0.1) is 6.92 Å². The Morgan fingerprint density at radius 2 is 2.19 bits per heavy atom. The normalized spacial score (nSPS) is 10.8. The molecule has 0 unspecified atom stereocenters. The number of aryl methyl sites for hydroxylation is 1. The molecule has 0 aliphatic rings. The van der Waals surface area contributed by atoms with E-state index in [9.17, 15) is 9.90 Å². The number of ether oxygens (including phenoxy) is 1. The monoisotopic (exact) mass is 348 g/mol. The van der Waals surface area contributed by atoms with Gasteiger partial charge in [0, 0.05) is 16.2 Å². The second kappa shape index (κ2) is 5.13. The highest BCUT2D eigenvalue weighted by atomic mass is 79.9.